The van der Waals surface area contributed by atoms with Gasteiger partial charge in [0.1, 0.15) is 5.75 Å². The molecule has 0 spiro atoms. The van der Waals surface area contributed by atoms with Crippen LogP contribution in [-0.2, 0) is 4.79 Å². The highest BCUT2D eigenvalue weighted by molar-refractivity contribution is 6.36. The van der Waals surface area contributed by atoms with Crippen LogP contribution in [0.4, 0.5) is 18.9 Å². The Morgan fingerprint density at radius 3 is 2.54 bits per heavy atom. The fraction of sp³-hybridized carbons (Fsp3) is 0.0667. The molecule has 2 aromatic rings. The van der Waals surface area contributed by atoms with Crippen molar-refractivity contribution in [1.29, 1.82) is 0 Å². The van der Waals surface area contributed by atoms with Gasteiger partial charge in [0.2, 0.25) is 0 Å². The lowest BCUT2D eigenvalue weighted by Crippen LogP contribution is -2.21. The highest BCUT2D eigenvalue weighted by atomic mass is 35.5. The highest BCUT2D eigenvalue weighted by Gasteiger charge is 2.17. The largest absolute Gasteiger partial charge is 0.481 e. The molecular formula is C15H8Cl2F3NO3. The first-order valence-corrected chi connectivity index (χ1v) is 7.09. The molecule has 2 aromatic carbocycles. The lowest BCUT2D eigenvalue weighted by Gasteiger charge is -2.11. The van der Waals surface area contributed by atoms with Crippen LogP contribution in [0.25, 0.3) is 0 Å². The molecule has 9 heteroatoms. The Kier molecular flexibility index (Phi) is 5.69. The van der Waals surface area contributed by atoms with Gasteiger partial charge >= 0.3 is 0 Å². The second kappa shape index (κ2) is 7.55. The van der Waals surface area contributed by atoms with Gasteiger partial charge in [-0.2, -0.15) is 0 Å². The fourth-order valence-electron chi connectivity index (χ4n) is 1.77. The molecule has 24 heavy (non-hydrogen) atoms. The monoisotopic (exact) mass is 377 g/mol. The fourth-order valence-corrected chi connectivity index (χ4v) is 2.33. The predicted octanol–water partition coefficient (Wildman–Crippen LogP) is 4.24. The first kappa shape index (κ1) is 18.1. The van der Waals surface area contributed by atoms with Crippen LogP contribution in [0.2, 0.25) is 10.0 Å². The number of nitrogens with one attached hydrogen (secondary N) is 1. The number of anilines is 1. The molecule has 2 rings (SSSR count). The van der Waals surface area contributed by atoms with E-state index < -0.39 is 35.7 Å². The third kappa shape index (κ3) is 3.98. The van der Waals surface area contributed by atoms with E-state index in [1.54, 1.807) is 0 Å². The Balaban J connectivity index is 2.10. The molecule has 0 saturated heterocycles. The quantitative estimate of drug-likeness (QED) is 0.626. The summed E-state index contributed by atoms with van der Waals surface area (Å²) in [6.45, 7) is -0.652. The third-order valence-corrected chi connectivity index (χ3v) is 3.32. The molecule has 0 aliphatic carbocycles. The number of carbonyl (C=O) groups excluding carboxylic acids is 2. The van der Waals surface area contributed by atoms with Crippen molar-refractivity contribution in [3.63, 3.8) is 0 Å². The Bertz CT molecular complexity index is 815. The van der Waals surface area contributed by atoms with E-state index in [-0.39, 0.29) is 21.4 Å². The van der Waals surface area contributed by atoms with E-state index in [2.05, 4.69) is 0 Å². The molecule has 4 nitrogen and oxygen atoms in total. The Morgan fingerprint density at radius 2 is 1.88 bits per heavy atom. The van der Waals surface area contributed by atoms with Gasteiger partial charge in [0, 0.05) is 5.02 Å². The van der Waals surface area contributed by atoms with Crippen LogP contribution in [0.15, 0.2) is 24.3 Å². The van der Waals surface area contributed by atoms with Gasteiger partial charge in [-0.3, -0.25) is 9.59 Å². The Morgan fingerprint density at radius 1 is 1.17 bits per heavy atom. The Hall–Kier alpha value is -2.25. The average Bonchev–Trinajstić information content (AvgIpc) is 2.54. The summed E-state index contributed by atoms with van der Waals surface area (Å²) in [4.78, 5) is 22.7. The van der Waals surface area contributed by atoms with E-state index in [9.17, 15) is 22.8 Å². The van der Waals surface area contributed by atoms with Crippen LogP contribution >= 0.6 is 23.2 Å². The van der Waals surface area contributed by atoms with Gasteiger partial charge in [-0.1, -0.05) is 23.2 Å². The SMILES string of the molecule is O=Cc1cc(Cl)cc(Cl)c1OCC(=O)Nc1ccc(F)c(F)c1F. The van der Waals surface area contributed by atoms with Gasteiger partial charge < -0.3 is 10.1 Å². The van der Waals surface area contributed by atoms with Crippen molar-refractivity contribution in [3.05, 3.63) is 57.3 Å². The van der Waals surface area contributed by atoms with Gasteiger partial charge in [0.05, 0.1) is 16.3 Å². The van der Waals surface area contributed by atoms with Gasteiger partial charge in [-0.05, 0) is 24.3 Å². The number of halogens is 5. The summed E-state index contributed by atoms with van der Waals surface area (Å²) in [5, 5.41) is 2.21. The number of carbonyl (C=O) groups is 2. The molecule has 0 atom stereocenters. The number of benzene rings is 2. The van der Waals surface area contributed by atoms with Crippen molar-refractivity contribution in [2.24, 2.45) is 0 Å². The predicted molar refractivity (Wildman–Crippen MR) is 82.3 cm³/mol. The maximum absolute atomic E-state index is 13.5. The van der Waals surface area contributed by atoms with Crippen LogP contribution in [0.5, 0.6) is 5.75 Å². The second-order valence-corrected chi connectivity index (χ2v) is 5.33. The van der Waals surface area contributed by atoms with E-state index in [1.165, 1.54) is 12.1 Å². The summed E-state index contributed by atoms with van der Waals surface area (Å²) in [6.07, 6.45) is 0.431. The van der Waals surface area contributed by atoms with E-state index in [4.69, 9.17) is 27.9 Å². The van der Waals surface area contributed by atoms with Crippen LogP contribution in [-0.4, -0.2) is 18.8 Å². The number of rotatable bonds is 5. The summed E-state index contributed by atoms with van der Waals surface area (Å²) < 4.78 is 44.5. The van der Waals surface area contributed by atoms with E-state index in [0.717, 1.165) is 6.07 Å². The van der Waals surface area contributed by atoms with E-state index in [1.807, 2.05) is 5.32 Å². The van der Waals surface area contributed by atoms with Crippen LogP contribution in [0, 0.1) is 17.5 Å². The van der Waals surface area contributed by atoms with Crippen molar-refractivity contribution in [1.82, 2.24) is 0 Å². The molecule has 0 aliphatic rings. The minimum Gasteiger partial charge on any atom is -0.481 e. The molecule has 0 radical (unpaired) electrons. The molecule has 1 amide bonds. The number of ether oxygens (including phenoxy) is 1. The van der Waals surface area contributed by atoms with Crippen LogP contribution in [0.3, 0.4) is 0 Å². The van der Waals surface area contributed by atoms with Crippen molar-refractivity contribution in [3.8, 4) is 5.75 Å². The molecule has 0 saturated carbocycles. The highest BCUT2D eigenvalue weighted by Crippen LogP contribution is 2.31. The van der Waals surface area contributed by atoms with E-state index in [0.29, 0.717) is 12.4 Å². The summed E-state index contributed by atoms with van der Waals surface area (Å²) in [5.41, 5.74) is -0.542. The molecule has 126 valence electrons. The standard InChI is InChI=1S/C15H8Cl2F3NO3/c16-8-3-7(5-22)15(9(17)4-8)24-6-12(23)21-11-2-1-10(18)13(19)14(11)20/h1-5H,6H2,(H,21,23). The molecule has 1 N–H and O–H groups in total. The molecule has 0 heterocycles. The topological polar surface area (TPSA) is 55.4 Å². The minimum absolute atomic E-state index is 0.00333. The lowest BCUT2D eigenvalue weighted by molar-refractivity contribution is -0.118. The maximum atomic E-state index is 13.5. The molecule has 0 fully saturated rings. The summed E-state index contributed by atoms with van der Waals surface area (Å²) in [5.74, 6) is -5.59. The molecular weight excluding hydrogens is 370 g/mol. The average molecular weight is 378 g/mol. The number of amides is 1. The van der Waals surface area contributed by atoms with Crippen molar-refractivity contribution < 1.29 is 27.5 Å². The summed E-state index contributed by atoms with van der Waals surface area (Å²) >= 11 is 11.6. The molecule has 0 aromatic heterocycles. The van der Waals surface area contributed by atoms with Crippen molar-refractivity contribution in [2.45, 2.75) is 0 Å². The lowest BCUT2D eigenvalue weighted by atomic mass is 10.2. The zero-order valence-corrected chi connectivity index (χ0v) is 13.2. The van der Waals surface area contributed by atoms with Crippen molar-refractivity contribution >= 4 is 41.1 Å². The summed E-state index contributed by atoms with van der Waals surface area (Å²) in [6, 6.07) is 4.11. The maximum Gasteiger partial charge on any atom is 0.262 e. The second-order valence-electron chi connectivity index (χ2n) is 4.48. The zero-order valence-electron chi connectivity index (χ0n) is 11.7. The number of hydrogen-bond donors (Lipinski definition) is 1. The van der Waals surface area contributed by atoms with Crippen molar-refractivity contribution in [2.75, 3.05) is 11.9 Å². The molecule has 0 bridgehead atoms. The summed E-state index contributed by atoms with van der Waals surface area (Å²) in [7, 11) is 0. The van der Waals surface area contributed by atoms with Gasteiger partial charge in [0.15, 0.2) is 30.3 Å². The van der Waals surface area contributed by atoms with E-state index >= 15 is 0 Å². The number of aldehydes is 1. The normalized spacial score (nSPS) is 10.4. The first-order valence-electron chi connectivity index (χ1n) is 6.34. The zero-order chi connectivity index (χ0) is 17.9. The Labute approximate surface area is 144 Å². The van der Waals surface area contributed by atoms with Crippen LogP contribution < -0.4 is 10.1 Å². The van der Waals surface area contributed by atoms with Gasteiger partial charge in [-0.15, -0.1) is 0 Å². The number of hydrogen-bond acceptors (Lipinski definition) is 3. The van der Waals surface area contributed by atoms with Crippen LogP contribution in [0.1, 0.15) is 10.4 Å². The molecule has 0 aliphatic heterocycles. The van der Waals surface area contributed by atoms with Gasteiger partial charge in [0.25, 0.3) is 5.91 Å². The van der Waals surface area contributed by atoms with Gasteiger partial charge in [-0.25, -0.2) is 13.2 Å². The smallest absolute Gasteiger partial charge is 0.262 e. The minimum atomic E-state index is -1.71. The molecule has 0 unspecified atom stereocenters. The third-order valence-electron chi connectivity index (χ3n) is 2.82. The first-order chi connectivity index (χ1) is 11.3.